The SMILES string of the molecule is CCNC(Cc1c(Cl)c(C)nn1C)C(OCC)C1CC1. The Labute approximate surface area is 126 Å². The molecule has 0 bridgehead atoms. The second-order valence-electron chi connectivity index (χ2n) is 5.60. The molecule has 2 rings (SSSR count). The summed E-state index contributed by atoms with van der Waals surface area (Å²) in [6.45, 7) is 7.87. The molecule has 0 aromatic carbocycles. The number of hydrogen-bond acceptors (Lipinski definition) is 3. The Morgan fingerprint density at radius 2 is 2.15 bits per heavy atom. The van der Waals surface area contributed by atoms with Gasteiger partial charge in [0.2, 0.25) is 0 Å². The van der Waals surface area contributed by atoms with Gasteiger partial charge in [0.1, 0.15) is 0 Å². The molecule has 1 saturated carbocycles. The van der Waals surface area contributed by atoms with E-state index in [2.05, 4.69) is 24.3 Å². The van der Waals surface area contributed by atoms with Crippen LogP contribution in [0.25, 0.3) is 0 Å². The predicted molar refractivity (Wildman–Crippen MR) is 82.3 cm³/mol. The van der Waals surface area contributed by atoms with Gasteiger partial charge in [-0.1, -0.05) is 18.5 Å². The fourth-order valence-corrected chi connectivity index (χ4v) is 3.11. The monoisotopic (exact) mass is 299 g/mol. The summed E-state index contributed by atoms with van der Waals surface area (Å²) in [4.78, 5) is 0. The zero-order valence-corrected chi connectivity index (χ0v) is 13.7. The number of likely N-dealkylation sites (N-methyl/N-ethyl adjacent to an activating group) is 1. The van der Waals surface area contributed by atoms with Crippen molar-refractivity contribution in [1.82, 2.24) is 15.1 Å². The van der Waals surface area contributed by atoms with Gasteiger partial charge in [-0.3, -0.25) is 4.68 Å². The molecule has 5 heteroatoms. The molecule has 2 unspecified atom stereocenters. The van der Waals surface area contributed by atoms with Gasteiger partial charge in [-0.2, -0.15) is 5.10 Å². The van der Waals surface area contributed by atoms with Crippen LogP contribution >= 0.6 is 11.6 Å². The van der Waals surface area contributed by atoms with Crippen molar-refractivity contribution < 1.29 is 4.74 Å². The van der Waals surface area contributed by atoms with E-state index >= 15 is 0 Å². The van der Waals surface area contributed by atoms with Gasteiger partial charge in [0.15, 0.2) is 0 Å². The third-order valence-corrected chi connectivity index (χ3v) is 4.48. The molecule has 2 atom stereocenters. The largest absolute Gasteiger partial charge is 0.377 e. The number of nitrogens with zero attached hydrogens (tertiary/aromatic N) is 2. The van der Waals surface area contributed by atoms with Crippen molar-refractivity contribution in [2.24, 2.45) is 13.0 Å². The Kier molecular flexibility index (Phi) is 5.47. The molecule has 1 aromatic rings. The Morgan fingerprint density at radius 3 is 2.60 bits per heavy atom. The van der Waals surface area contributed by atoms with Gasteiger partial charge in [0, 0.05) is 26.1 Å². The molecule has 0 saturated heterocycles. The first-order chi connectivity index (χ1) is 9.58. The molecule has 1 aliphatic carbocycles. The Bertz CT molecular complexity index is 443. The average molecular weight is 300 g/mol. The van der Waals surface area contributed by atoms with Crippen molar-refractivity contribution in [2.45, 2.75) is 52.2 Å². The number of rotatable bonds is 8. The van der Waals surface area contributed by atoms with Crippen LogP contribution in [-0.4, -0.2) is 35.1 Å². The molecule has 20 heavy (non-hydrogen) atoms. The molecule has 1 fully saturated rings. The molecule has 1 heterocycles. The van der Waals surface area contributed by atoms with Crippen LogP contribution in [0.5, 0.6) is 0 Å². The highest BCUT2D eigenvalue weighted by Crippen LogP contribution is 2.37. The lowest BCUT2D eigenvalue weighted by atomic mass is 10.0. The summed E-state index contributed by atoms with van der Waals surface area (Å²) >= 11 is 6.38. The van der Waals surface area contributed by atoms with E-state index in [1.165, 1.54) is 12.8 Å². The van der Waals surface area contributed by atoms with E-state index in [1.54, 1.807) is 0 Å². The van der Waals surface area contributed by atoms with Crippen LogP contribution in [-0.2, 0) is 18.2 Å². The fraction of sp³-hybridized carbons (Fsp3) is 0.800. The normalized spacial score (nSPS) is 18.2. The van der Waals surface area contributed by atoms with Crippen LogP contribution in [0, 0.1) is 12.8 Å². The summed E-state index contributed by atoms with van der Waals surface area (Å²) in [7, 11) is 1.96. The van der Waals surface area contributed by atoms with Crippen molar-refractivity contribution in [2.75, 3.05) is 13.2 Å². The number of nitrogens with one attached hydrogen (secondary N) is 1. The summed E-state index contributed by atoms with van der Waals surface area (Å²) in [6.07, 6.45) is 3.71. The van der Waals surface area contributed by atoms with Crippen LogP contribution in [0.3, 0.4) is 0 Å². The lowest BCUT2D eigenvalue weighted by Gasteiger charge is -2.28. The molecule has 114 valence electrons. The maximum atomic E-state index is 6.38. The van der Waals surface area contributed by atoms with Crippen LogP contribution in [0.1, 0.15) is 38.1 Å². The van der Waals surface area contributed by atoms with Crippen LogP contribution < -0.4 is 5.32 Å². The second-order valence-corrected chi connectivity index (χ2v) is 5.97. The van der Waals surface area contributed by atoms with Crippen molar-refractivity contribution >= 4 is 11.6 Å². The van der Waals surface area contributed by atoms with E-state index in [1.807, 2.05) is 18.7 Å². The van der Waals surface area contributed by atoms with Crippen LogP contribution in [0.15, 0.2) is 0 Å². The first-order valence-electron chi connectivity index (χ1n) is 7.61. The summed E-state index contributed by atoms with van der Waals surface area (Å²) < 4.78 is 7.90. The van der Waals surface area contributed by atoms with E-state index < -0.39 is 0 Å². The number of aryl methyl sites for hydroxylation is 2. The van der Waals surface area contributed by atoms with Crippen molar-refractivity contribution in [3.8, 4) is 0 Å². The maximum absolute atomic E-state index is 6.38. The summed E-state index contributed by atoms with van der Waals surface area (Å²) in [5, 5.41) is 8.78. The summed E-state index contributed by atoms with van der Waals surface area (Å²) in [6, 6.07) is 0.305. The lowest BCUT2D eigenvalue weighted by Crippen LogP contribution is -2.44. The second kappa shape index (κ2) is 6.92. The Hall–Kier alpha value is -0.580. The lowest BCUT2D eigenvalue weighted by molar-refractivity contribution is 0.0192. The molecule has 0 aliphatic heterocycles. The maximum Gasteiger partial charge on any atom is 0.0847 e. The molecule has 1 N–H and O–H groups in total. The molecule has 0 amide bonds. The fourth-order valence-electron chi connectivity index (χ4n) is 2.87. The quantitative estimate of drug-likeness (QED) is 0.802. The summed E-state index contributed by atoms with van der Waals surface area (Å²) in [5.74, 6) is 0.701. The van der Waals surface area contributed by atoms with Gasteiger partial charge >= 0.3 is 0 Å². The third kappa shape index (κ3) is 3.54. The van der Waals surface area contributed by atoms with Gasteiger partial charge in [-0.05, 0) is 39.2 Å². The molecule has 1 aliphatic rings. The van der Waals surface area contributed by atoms with Gasteiger partial charge in [-0.15, -0.1) is 0 Å². The third-order valence-electron chi connectivity index (χ3n) is 3.98. The summed E-state index contributed by atoms with van der Waals surface area (Å²) in [5.41, 5.74) is 2.00. The van der Waals surface area contributed by atoms with Crippen LogP contribution in [0.4, 0.5) is 0 Å². The van der Waals surface area contributed by atoms with E-state index in [0.717, 1.165) is 36.0 Å². The van der Waals surface area contributed by atoms with Gasteiger partial charge in [-0.25, -0.2) is 0 Å². The van der Waals surface area contributed by atoms with Gasteiger partial charge in [0.05, 0.1) is 22.5 Å². The number of aromatic nitrogens is 2. The van der Waals surface area contributed by atoms with E-state index in [-0.39, 0.29) is 6.10 Å². The number of halogens is 1. The highest BCUT2D eigenvalue weighted by atomic mass is 35.5. The average Bonchev–Trinajstić information content (AvgIpc) is 3.20. The topological polar surface area (TPSA) is 39.1 Å². The van der Waals surface area contributed by atoms with E-state index in [4.69, 9.17) is 16.3 Å². The minimum atomic E-state index is 0.284. The van der Waals surface area contributed by atoms with Gasteiger partial charge in [0.25, 0.3) is 0 Å². The molecular formula is C15H26ClN3O. The zero-order valence-electron chi connectivity index (χ0n) is 12.9. The molecule has 0 spiro atoms. The standard InChI is InChI=1S/C15H26ClN3O/c1-5-17-12(15(20-6-2)11-7-8-11)9-13-14(16)10(3)18-19(13)4/h11-12,15,17H,5-9H2,1-4H3. The molecule has 4 nitrogen and oxygen atoms in total. The molecule has 1 aromatic heterocycles. The van der Waals surface area contributed by atoms with E-state index in [9.17, 15) is 0 Å². The smallest absolute Gasteiger partial charge is 0.0847 e. The molecular weight excluding hydrogens is 274 g/mol. The minimum absolute atomic E-state index is 0.284. The molecule has 0 radical (unpaired) electrons. The number of ether oxygens (including phenoxy) is 1. The number of hydrogen-bond donors (Lipinski definition) is 1. The van der Waals surface area contributed by atoms with E-state index in [0.29, 0.717) is 12.0 Å². The first-order valence-corrected chi connectivity index (χ1v) is 7.99. The van der Waals surface area contributed by atoms with Crippen molar-refractivity contribution in [3.05, 3.63) is 16.4 Å². The van der Waals surface area contributed by atoms with Crippen molar-refractivity contribution in [3.63, 3.8) is 0 Å². The zero-order chi connectivity index (χ0) is 14.7. The van der Waals surface area contributed by atoms with Crippen molar-refractivity contribution in [1.29, 1.82) is 0 Å². The highest BCUT2D eigenvalue weighted by molar-refractivity contribution is 6.31. The Balaban J connectivity index is 2.15. The highest BCUT2D eigenvalue weighted by Gasteiger charge is 2.37. The first kappa shape index (κ1) is 15.8. The van der Waals surface area contributed by atoms with Crippen LogP contribution in [0.2, 0.25) is 5.02 Å². The predicted octanol–water partition coefficient (Wildman–Crippen LogP) is 2.72. The minimum Gasteiger partial charge on any atom is -0.377 e. The Morgan fingerprint density at radius 1 is 1.45 bits per heavy atom. The van der Waals surface area contributed by atoms with Gasteiger partial charge < -0.3 is 10.1 Å².